The first-order chi connectivity index (χ1) is 9.15. The number of nitriles is 1. The van der Waals surface area contributed by atoms with Crippen LogP contribution in [-0.2, 0) is 12.3 Å². The van der Waals surface area contributed by atoms with Crippen LogP contribution in [0.3, 0.4) is 0 Å². The lowest BCUT2D eigenvalue weighted by Gasteiger charge is -1.91. The quantitative estimate of drug-likeness (QED) is 0.614. The van der Waals surface area contributed by atoms with Gasteiger partial charge in [-0.2, -0.15) is 5.26 Å². The molecule has 0 saturated carbocycles. The highest BCUT2D eigenvalue weighted by Gasteiger charge is 1.90. The predicted molar refractivity (Wildman–Crippen MR) is 77.4 cm³/mol. The molecule has 2 aromatic heterocycles. The third kappa shape index (κ3) is 6.40. The Hall–Kier alpha value is -1.34. The van der Waals surface area contributed by atoms with E-state index in [4.69, 9.17) is 40.1 Å². The number of hydrogen-bond donors (Lipinski definition) is 0. The molecule has 0 bridgehead atoms. The SMILES string of the molecule is ClCc1ccc(Cl)nc1.N#CCc1ccc(Cl)nc1. The van der Waals surface area contributed by atoms with Gasteiger partial charge in [-0.05, 0) is 23.3 Å². The largest absolute Gasteiger partial charge is 0.244 e. The van der Waals surface area contributed by atoms with Crippen molar-refractivity contribution in [1.82, 2.24) is 9.97 Å². The van der Waals surface area contributed by atoms with Gasteiger partial charge in [-0.1, -0.05) is 35.3 Å². The maximum atomic E-state index is 8.28. The number of pyridine rings is 2. The molecule has 0 aromatic carbocycles. The van der Waals surface area contributed by atoms with Crippen molar-refractivity contribution in [2.45, 2.75) is 12.3 Å². The van der Waals surface area contributed by atoms with Crippen LogP contribution >= 0.6 is 34.8 Å². The summed E-state index contributed by atoms with van der Waals surface area (Å²) in [4.78, 5) is 7.64. The average molecular weight is 315 g/mol. The van der Waals surface area contributed by atoms with Crippen molar-refractivity contribution in [2.24, 2.45) is 0 Å². The Kier molecular flexibility index (Phi) is 7.20. The van der Waals surface area contributed by atoms with Crippen LogP contribution in [0.4, 0.5) is 0 Å². The van der Waals surface area contributed by atoms with Crippen molar-refractivity contribution >= 4 is 34.8 Å². The molecule has 0 unspecified atom stereocenters. The van der Waals surface area contributed by atoms with Gasteiger partial charge in [0.15, 0.2) is 0 Å². The number of alkyl halides is 1. The molecule has 2 heterocycles. The summed E-state index contributed by atoms with van der Waals surface area (Å²) >= 11 is 16.5. The summed E-state index contributed by atoms with van der Waals surface area (Å²) in [5.41, 5.74) is 1.88. The van der Waals surface area contributed by atoms with Crippen LogP contribution in [0.5, 0.6) is 0 Å². The summed E-state index contributed by atoms with van der Waals surface area (Å²) in [7, 11) is 0. The van der Waals surface area contributed by atoms with Crippen LogP contribution in [0.2, 0.25) is 10.3 Å². The average Bonchev–Trinajstić information content (AvgIpc) is 2.43. The van der Waals surface area contributed by atoms with E-state index in [0.29, 0.717) is 22.6 Å². The minimum Gasteiger partial charge on any atom is -0.244 e. The van der Waals surface area contributed by atoms with E-state index in [1.54, 1.807) is 30.6 Å². The van der Waals surface area contributed by atoms with Gasteiger partial charge in [0.1, 0.15) is 10.3 Å². The molecule has 0 saturated heterocycles. The summed E-state index contributed by atoms with van der Waals surface area (Å²) in [6, 6.07) is 9.06. The topological polar surface area (TPSA) is 49.6 Å². The van der Waals surface area contributed by atoms with Crippen LogP contribution in [0.1, 0.15) is 11.1 Å². The Balaban J connectivity index is 0.000000191. The molecular formula is C13H10Cl3N3. The van der Waals surface area contributed by atoms with Crippen molar-refractivity contribution in [3.05, 3.63) is 58.1 Å². The highest BCUT2D eigenvalue weighted by Crippen LogP contribution is 2.06. The highest BCUT2D eigenvalue weighted by atomic mass is 35.5. The Morgan fingerprint density at radius 2 is 1.47 bits per heavy atom. The first-order valence-corrected chi connectivity index (χ1v) is 6.58. The first-order valence-electron chi connectivity index (χ1n) is 5.29. The van der Waals surface area contributed by atoms with Crippen LogP contribution < -0.4 is 0 Å². The second kappa shape index (κ2) is 8.71. The maximum absolute atomic E-state index is 8.28. The third-order valence-electron chi connectivity index (χ3n) is 2.01. The van der Waals surface area contributed by atoms with E-state index in [-0.39, 0.29) is 0 Å². The van der Waals surface area contributed by atoms with Gasteiger partial charge in [-0.15, -0.1) is 11.6 Å². The number of nitrogens with zero attached hydrogens (tertiary/aromatic N) is 3. The second-order valence-corrected chi connectivity index (χ2v) is 4.49. The molecule has 0 aliphatic heterocycles. The monoisotopic (exact) mass is 313 g/mol. The lowest BCUT2D eigenvalue weighted by Crippen LogP contribution is -1.82. The molecular weight excluding hydrogens is 305 g/mol. The molecule has 0 aliphatic carbocycles. The predicted octanol–water partition coefficient (Wildman–Crippen LogP) is 4.27. The van der Waals surface area contributed by atoms with E-state index in [9.17, 15) is 0 Å². The lowest BCUT2D eigenvalue weighted by molar-refractivity contribution is 1.19. The van der Waals surface area contributed by atoms with Crippen LogP contribution in [0.25, 0.3) is 0 Å². The fourth-order valence-corrected chi connectivity index (χ4v) is 1.47. The molecule has 2 rings (SSSR count). The summed E-state index contributed by atoms with van der Waals surface area (Å²) in [5, 5.41) is 9.24. The van der Waals surface area contributed by atoms with Crippen molar-refractivity contribution < 1.29 is 0 Å². The van der Waals surface area contributed by atoms with Gasteiger partial charge in [-0.3, -0.25) is 0 Å². The lowest BCUT2D eigenvalue weighted by atomic mass is 10.2. The molecule has 0 aliphatic rings. The Bertz CT molecular complexity index is 533. The minimum atomic E-state index is 0.393. The summed E-state index contributed by atoms with van der Waals surface area (Å²) in [6.07, 6.45) is 3.66. The normalized spacial score (nSPS) is 9.16. The molecule has 19 heavy (non-hydrogen) atoms. The molecule has 0 atom stereocenters. The molecule has 6 heteroatoms. The van der Waals surface area contributed by atoms with Crippen molar-refractivity contribution in [3.8, 4) is 6.07 Å². The Morgan fingerprint density at radius 3 is 1.84 bits per heavy atom. The van der Waals surface area contributed by atoms with E-state index in [0.717, 1.165) is 11.1 Å². The molecule has 0 radical (unpaired) electrons. The van der Waals surface area contributed by atoms with Crippen LogP contribution in [0.15, 0.2) is 36.7 Å². The molecule has 98 valence electrons. The van der Waals surface area contributed by atoms with Gasteiger partial charge >= 0.3 is 0 Å². The maximum Gasteiger partial charge on any atom is 0.129 e. The standard InChI is InChI=1S/C7H5ClN2.C6H5Cl2N/c8-7-2-1-6(3-4-9)5-10-7;7-3-5-1-2-6(8)9-4-5/h1-2,5H,3H2;1-2,4H,3H2. The smallest absolute Gasteiger partial charge is 0.129 e. The van der Waals surface area contributed by atoms with E-state index >= 15 is 0 Å². The number of rotatable bonds is 2. The first kappa shape index (κ1) is 15.7. The summed E-state index contributed by atoms with van der Waals surface area (Å²) in [5.74, 6) is 0.490. The molecule has 0 N–H and O–H groups in total. The van der Waals surface area contributed by atoms with E-state index < -0.39 is 0 Å². The zero-order valence-corrected chi connectivity index (χ0v) is 12.1. The second-order valence-electron chi connectivity index (χ2n) is 3.45. The van der Waals surface area contributed by atoms with Gasteiger partial charge < -0.3 is 0 Å². The van der Waals surface area contributed by atoms with Gasteiger partial charge in [0.05, 0.1) is 12.5 Å². The molecule has 0 fully saturated rings. The Labute approximate surface area is 126 Å². The van der Waals surface area contributed by atoms with E-state index in [1.165, 1.54) is 0 Å². The number of aromatic nitrogens is 2. The van der Waals surface area contributed by atoms with Gasteiger partial charge in [0.25, 0.3) is 0 Å². The molecule has 0 spiro atoms. The summed E-state index contributed by atoms with van der Waals surface area (Å²) in [6.45, 7) is 0. The molecule has 0 amide bonds. The number of hydrogen-bond acceptors (Lipinski definition) is 3. The summed E-state index contributed by atoms with van der Waals surface area (Å²) < 4.78 is 0. The number of halogens is 3. The zero-order valence-electron chi connectivity index (χ0n) is 9.85. The van der Waals surface area contributed by atoms with Crippen molar-refractivity contribution in [1.29, 1.82) is 5.26 Å². The fraction of sp³-hybridized carbons (Fsp3) is 0.154. The minimum absolute atomic E-state index is 0.393. The van der Waals surface area contributed by atoms with Crippen molar-refractivity contribution in [2.75, 3.05) is 0 Å². The zero-order chi connectivity index (χ0) is 14.1. The van der Waals surface area contributed by atoms with Gasteiger partial charge in [-0.25, -0.2) is 9.97 Å². The fourth-order valence-electron chi connectivity index (χ4n) is 1.09. The van der Waals surface area contributed by atoms with E-state index in [1.807, 2.05) is 12.1 Å². The van der Waals surface area contributed by atoms with Gasteiger partial charge in [0, 0.05) is 18.3 Å². The van der Waals surface area contributed by atoms with Gasteiger partial charge in [0.2, 0.25) is 0 Å². The molecule has 2 aromatic rings. The molecule has 3 nitrogen and oxygen atoms in total. The van der Waals surface area contributed by atoms with E-state index in [2.05, 4.69) is 9.97 Å². The van der Waals surface area contributed by atoms with Crippen molar-refractivity contribution in [3.63, 3.8) is 0 Å². The van der Waals surface area contributed by atoms with Crippen LogP contribution in [-0.4, -0.2) is 9.97 Å². The third-order valence-corrected chi connectivity index (χ3v) is 2.77. The van der Waals surface area contributed by atoms with Crippen LogP contribution in [0, 0.1) is 11.3 Å². The highest BCUT2D eigenvalue weighted by molar-refractivity contribution is 6.29. The Morgan fingerprint density at radius 1 is 0.947 bits per heavy atom.